The van der Waals surface area contributed by atoms with E-state index >= 15 is 0 Å². The van der Waals surface area contributed by atoms with Crippen LogP contribution in [0.15, 0.2) is 0 Å². The fourth-order valence-electron chi connectivity index (χ4n) is 3.60. The first kappa shape index (κ1) is 17.3. The second-order valence-corrected chi connectivity index (χ2v) is 7.38. The van der Waals surface area contributed by atoms with Crippen LogP contribution in [0.1, 0.15) is 58.8 Å². The summed E-state index contributed by atoms with van der Waals surface area (Å²) in [6.45, 7) is 5.66. The monoisotopic (exact) mass is 309 g/mol. The zero-order valence-corrected chi connectivity index (χ0v) is 14.0. The maximum Gasteiger partial charge on any atom is 0.222 e. The highest BCUT2D eigenvalue weighted by atomic mass is 16.2. The van der Waals surface area contributed by atoms with Gasteiger partial charge in [0.2, 0.25) is 11.8 Å². The number of carbonyl (C=O) groups excluding carboxylic acids is 2. The minimum Gasteiger partial charge on any atom is -0.353 e. The highest BCUT2D eigenvalue weighted by molar-refractivity contribution is 5.77. The van der Waals surface area contributed by atoms with Crippen molar-refractivity contribution in [2.75, 3.05) is 13.1 Å². The average molecular weight is 309 g/mol. The van der Waals surface area contributed by atoms with E-state index in [-0.39, 0.29) is 23.9 Å². The number of hydrogen-bond donors (Lipinski definition) is 2. The van der Waals surface area contributed by atoms with Crippen molar-refractivity contribution in [3.05, 3.63) is 0 Å². The Hall–Kier alpha value is -1.10. The van der Waals surface area contributed by atoms with Crippen LogP contribution in [0.3, 0.4) is 0 Å². The van der Waals surface area contributed by atoms with E-state index in [0.717, 1.165) is 45.2 Å². The number of amides is 2. The van der Waals surface area contributed by atoms with E-state index in [2.05, 4.69) is 19.2 Å². The van der Waals surface area contributed by atoms with E-state index in [9.17, 15) is 9.59 Å². The Morgan fingerprint density at radius 1 is 1.18 bits per heavy atom. The van der Waals surface area contributed by atoms with Crippen LogP contribution < -0.4 is 11.1 Å². The number of nitrogens with zero attached hydrogens (tertiary/aromatic N) is 1. The van der Waals surface area contributed by atoms with Gasteiger partial charge in [-0.2, -0.15) is 0 Å². The van der Waals surface area contributed by atoms with Gasteiger partial charge in [0.15, 0.2) is 0 Å². The van der Waals surface area contributed by atoms with Gasteiger partial charge in [-0.25, -0.2) is 0 Å². The molecule has 2 amide bonds. The number of rotatable bonds is 5. The Kier molecular flexibility index (Phi) is 6.24. The molecule has 5 nitrogen and oxygen atoms in total. The Morgan fingerprint density at radius 2 is 1.86 bits per heavy atom. The largest absolute Gasteiger partial charge is 0.353 e. The van der Waals surface area contributed by atoms with Crippen LogP contribution in [-0.2, 0) is 9.59 Å². The third-order valence-corrected chi connectivity index (χ3v) is 4.96. The Labute approximate surface area is 134 Å². The van der Waals surface area contributed by atoms with Gasteiger partial charge in [0, 0.05) is 38.0 Å². The van der Waals surface area contributed by atoms with Crippen molar-refractivity contribution in [2.24, 2.45) is 17.6 Å². The number of hydrogen-bond acceptors (Lipinski definition) is 3. The normalized spacial score (nSPS) is 26.5. The minimum atomic E-state index is 0.134. The first-order chi connectivity index (χ1) is 10.5. The average Bonchev–Trinajstić information content (AvgIpc) is 2.84. The number of carbonyl (C=O) groups is 2. The molecular weight excluding hydrogens is 278 g/mol. The van der Waals surface area contributed by atoms with E-state index in [1.54, 1.807) is 0 Å². The van der Waals surface area contributed by atoms with E-state index in [0.29, 0.717) is 24.7 Å². The topological polar surface area (TPSA) is 75.4 Å². The first-order valence-electron chi connectivity index (χ1n) is 8.78. The summed E-state index contributed by atoms with van der Waals surface area (Å²) in [7, 11) is 0. The van der Waals surface area contributed by atoms with Gasteiger partial charge in [0.25, 0.3) is 0 Å². The number of nitrogens with one attached hydrogen (secondary N) is 1. The van der Waals surface area contributed by atoms with Gasteiger partial charge in [-0.05, 0) is 37.5 Å². The third kappa shape index (κ3) is 4.97. The Morgan fingerprint density at radius 3 is 2.41 bits per heavy atom. The summed E-state index contributed by atoms with van der Waals surface area (Å²) in [5, 5.41) is 3.13. The Balaban J connectivity index is 1.68. The summed E-state index contributed by atoms with van der Waals surface area (Å²) in [4.78, 5) is 26.1. The smallest absolute Gasteiger partial charge is 0.222 e. The molecule has 1 heterocycles. The van der Waals surface area contributed by atoms with Crippen LogP contribution in [0.25, 0.3) is 0 Å². The second-order valence-electron chi connectivity index (χ2n) is 7.38. The molecule has 22 heavy (non-hydrogen) atoms. The molecule has 1 aliphatic heterocycles. The number of likely N-dealkylation sites (tertiary alicyclic amines) is 1. The lowest BCUT2D eigenvalue weighted by molar-refractivity contribution is -0.133. The Bertz CT molecular complexity index is 389. The molecule has 0 aromatic heterocycles. The van der Waals surface area contributed by atoms with Crippen molar-refractivity contribution in [2.45, 2.75) is 70.9 Å². The quantitative estimate of drug-likeness (QED) is 0.811. The van der Waals surface area contributed by atoms with Gasteiger partial charge in [-0.15, -0.1) is 0 Å². The molecule has 2 aliphatic rings. The lowest BCUT2D eigenvalue weighted by Crippen LogP contribution is -2.47. The van der Waals surface area contributed by atoms with Gasteiger partial charge in [0.1, 0.15) is 0 Å². The molecule has 5 heteroatoms. The highest BCUT2D eigenvalue weighted by Gasteiger charge is 2.28. The molecule has 126 valence electrons. The summed E-state index contributed by atoms with van der Waals surface area (Å²) in [6, 6.07) is 0.412. The molecule has 1 saturated heterocycles. The summed E-state index contributed by atoms with van der Waals surface area (Å²) in [6.07, 6.45) is 6.20. The van der Waals surface area contributed by atoms with Crippen molar-refractivity contribution < 1.29 is 9.59 Å². The molecule has 0 spiro atoms. The van der Waals surface area contributed by atoms with E-state index in [1.165, 1.54) is 0 Å². The maximum atomic E-state index is 12.1. The van der Waals surface area contributed by atoms with E-state index in [1.807, 2.05) is 4.90 Å². The first-order valence-corrected chi connectivity index (χ1v) is 8.78. The van der Waals surface area contributed by atoms with Gasteiger partial charge in [0.05, 0.1) is 0 Å². The second kappa shape index (κ2) is 7.95. The molecule has 0 radical (unpaired) electrons. The molecular formula is C17H31N3O2. The molecule has 0 bridgehead atoms. The molecule has 0 unspecified atom stereocenters. The maximum absolute atomic E-state index is 12.1. The lowest BCUT2D eigenvalue weighted by atomic mass is 9.98. The summed E-state index contributed by atoms with van der Waals surface area (Å²) in [5.41, 5.74) is 6.03. The predicted molar refractivity (Wildman–Crippen MR) is 87.1 cm³/mol. The van der Waals surface area contributed by atoms with Crippen LogP contribution in [0.5, 0.6) is 0 Å². The molecule has 0 aromatic rings. The fraction of sp³-hybridized carbons (Fsp3) is 0.882. The zero-order chi connectivity index (χ0) is 16.1. The van der Waals surface area contributed by atoms with Crippen molar-refractivity contribution in [3.8, 4) is 0 Å². The van der Waals surface area contributed by atoms with Gasteiger partial charge < -0.3 is 16.0 Å². The van der Waals surface area contributed by atoms with E-state index < -0.39 is 0 Å². The molecule has 1 aliphatic carbocycles. The molecule has 2 fully saturated rings. The van der Waals surface area contributed by atoms with Gasteiger partial charge >= 0.3 is 0 Å². The zero-order valence-electron chi connectivity index (χ0n) is 14.0. The van der Waals surface area contributed by atoms with Crippen LogP contribution in [0, 0.1) is 11.8 Å². The molecule has 1 saturated carbocycles. The highest BCUT2D eigenvalue weighted by Crippen LogP contribution is 2.26. The van der Waals surface area contributed by atoms with Crippen molar-refractivity contribution in [3.63, 3.8) is 0 Å². The summed E-state index contributed by atoms with van der Waals surface area (Å²) >= 11 is 0. The fourth-order valence-corrected chi connectivity index (χ4v) is 3.60. The number of piperidine rings is 1. The third-order valence-electron chi connectivity index (χ3n) is 4.96. The SMILES string of the molecule is CC(C)CC(=O)N1CCC(NC(=O)C[C@@H]2CCC[C@H]2N)CC1. The van der Waals surface area contributed by atoms with Crippen LogP contribution in [-0.4, -0.2) is 41.9 Å². The molecule has 0 aromatic carbocycles. The molecule has 3 N–H and O–H groups in total. The van der Waals surface area contributed by atoms with Crippen LogP contribution in [0.2, 0.25) is 0 Å². The van der Waals surface area contributed by atoms with Crippen molar-refractivity contribution in [1.82, 2.24) is 10.2 Å². The molecule has 2 rings (SSSR count). The molecule has 2 atom stereocenters. The van der Waals surface area contributed by atoms with Crippen molar-refractivity contribution in [1.29, 1.82) is 0 Å². The summed E-state index contributed by atoms with van der Waals surface area (Å²) in [5.74, 6) is 1.14. The van der Waals surface area contributed by atoms with Gasteiger partial charge in [-0.3, -0.25) is 9.59 Å². The van der Waals surface area contributed by atoms with Gasteiger partial charge in [-0.1, -0.05) is 20.3 Å². The van der Waals surface area contributed by atoms with Crippen LogP contribution >= 0.6 is 0 Å². The number of nitrogens with two attached hydrogens (primary N) is 1. The minimum absolute atomic E-state index is 0.134. The lowest BCUT2D eigenvalue weighted by Gasteiger charge is -2.33. The van der Waals surface area contributed by atoms with Crippen molar-refractivity contribution >= 4 is 11.8 Å². The predicted octanol–water partition coefficient (Wildman–Crippen LogP) is 1.66. The van der Waals surface area contributed by atoms with Crippen LogP contribution in [0.4, 0.5) is 0 Å². The standard InChI is InChI=1S/C17H31N3O2/c1-12(2)10-17(22)20-8-6-14(7-9-20)19-16(21)11-13-4-3-5-15(13)18/h12-15H,3-11,18H2,1-2H3,(H,19,21)/t13-,15+/m0/s1. The van der Waals surface area contributed by atoms with E-state index in [4.69, 9.17) is 5.73 Å². The summed E-state index contributed by atoms with van der Waals surface area (Å²) < 4.78 is 0.